The number of aldehydes is 1. The molecule has 0 saturated heterocycles. The largest absolute Gasteiger partial charge is 0.465 e. The predicted molar refractivity (Wildman–Crippen MR) is 77.7 cm³/mol. The van der Waals surface area contributed by atoms with Crippen molar-refractivity contribution in [2.45, 2.75) is 33.6 Å². The van der Waals surface area contributed by atoms with Gasteiger partial charge in [-0.15, -0.1) is 0 Å². The molecule has 0 heterocycles. The third-order valence-electron chi connectivity index (χ3n) is 2.42. The topological polar surface area (TPSA) is 43.4 Å². The van der Waals surface area contributed by atoms with Crippen LogP contribution in [0.4, 0.5) is 0 Å². The second kappa shape index (κ2) is 10.1. The molecule has 0 bridgehead atoms. The Morgan fingerprint density at radius 1 is 1.16 bits per heavy atom. The molecule has 0 radical (unpaired) electrons. The van der Waals surface area contributed by atoms with Crippen molar-refractivity contribution in [2.75, 3.05) is 7.11 Å². The molecule has 0 aromatic heterocycles. The summed E-state index contributed by atoms with van der Waals surface area (Å²) in [6, 6.07) is 0. The number of hydrogen-bond acceptors (Lipinski definition) is 3. The average Bonchev–Trinajstić information content (AvgIpc) is 2.36. The molecule has 0 aliphatic rings. The summed E-state index contributed by atoms with van der Waals surface area (Å²) in [5, 5.41) is 0. The predicted octanol–water partition coefficient (Wildman–Crippen LogP) is 3.53. The summed E-state index contributed by atoms with van der Waals surface area (Å²) in [5.74, 6) is -0.515. The van der Waals surface area contributed by atoms with Gasteiger partial charge in [-0.25, -0.2) is 4.79 Å². The highest BCUT2D eigenvalue weighted by molar-refractivity contribution is 5.95. The lowest BCUT2D eigenvalue weighted by molar-refractivity contribution is -0.135. The van der Waals surface area contributed by atoms with Crippen molar-refractivity contribution in [2.24, 2.45) is 0 Å². The molecule has 0 fully saturated rings. The Balaban J connectivity index is 4.52. The first-order valence-electron chi connectivity index (χ1n) is 6.22. The summed E-state index contributed by atoms with van der Waals surface area (Å²) < 4.78 is 4.57. The second-order valence-electron chi connectivity index (χ2n) is 4.44. The molecule has 0 aliphatic carbocycles. The maximum atomic E-state index is 11.3. The molecule has 0 atom stereocenters. The quantitative estimate of drug-likeness (QED) is 0.232. The fourth-order valence-corrected chi connectivity index (χ4v) is 1.37. The number of rotatable bonds is 7. The van der Waals surface area contributed by atoms with Gasteiger partial charge in [0.1, 0.15) is 6.29 Å². The van der Waals surface area contributed by atoms with Gasteiger partial charge in [0, 0.05) is 0 Å². The Bertz CT molecular complexity index is 419. The van der Waals surface area contributed by atoms with Crippen molar-refractivity contribution >= 4 is 12.3 Å². The molecule has 0 aliphatic heterocycles. The fraction of sp³-hybridized carbons (Fsp3) is 0.375. The van der Waals surface area contributed by atoms with Crippen LogP contribution in [-0.2, 0) is 14.3 Å². The number of carbonyl (C=O) groups excluding carboxylic acids is 2. The third kappa shape index (κ3) is 8.77. The van der Waals surface area contributed by atoms with E-state index in [1.807, 2.05) is 13.0 Å². The van der Waals surface area contributed by atoms with Crippen molar-refractivity contribution in [3.8, 4) is 0 Å². The van der Waals surface area contributed by atoms with Gasteiger partial charge >= 0.3 is 5.97 Å². The van der Waals surface area contributed by atoms with Crippen LogP contribution in [0.5, 0.6) is 0 Å². The SMILES string of the molecule is COC(=O)C(=C\C=O)/C=C/C=C(\C)CCC=C(C)C. The summed E-state index contributed by atoms with van der Waals surface area (Å²) in [6.45, 7) is 6.18. The first-order chi connectivity index (χ1) is 9.01. The van der Waals surface area contributed by atoms with Crippen molar-refractivity contribution in [3.63, 3.8) is 0 Å². The van der Waals surface area contributed by atoms with Crippen molar-refractivity contribution < 1.29 is 14.3 Å². The molecule has 0 spiro atoms. The molecule has 104 valence electrons. The molecular formula is C16H22O3. The van der Waals surface area contributed by atoms with E-state index in [9.17, 15) is 9.59 Å². The monoisotopic (exact) mass is 262 g/mol. The van der Waals surface area contributed by atoms with E-state index < -0.39 is 5.97 Å². The van der Waals surface area contributed by atoms with Crippen LogP contribution < -0.4 is 0 Å². The highest BCUT2D eigenvalue weighted by atomic mass is 16.5. The Hall–Kier alpha value is -1.90. The van der Waals surface area contributed by atoms with Gasteiger partial charge in [0.15, 0.2) is 0 Å². The summed E-state index contributed by atoms with van der Waals surface area (Å²) in [7, 11) is 1.29. The van der Waals surface area contributed by atoms with E-state index in [0.29, 0.717) is 6.29 Å². The number of ether oxygens (including phenoxy) is 1. The van der Waals surface area contributed by atoms with E-state index in [4.69, 9.17) is 0 Å². The maximum Gasteiger partial charge on any atom is 0.337 e. The van der Waals surface area contributed by atoms with Gasteiger partial charge in [0.25, 0.3) is 0 Å². The standard InChI is InChI=1S/C16H22O3/c1-13(2)7-5-8-14(3)9-6-10-15(11-12-17)16(18)19-4/h6-7,9-12H,5,8H2,1-4H3/b10-6+,14-9+,15-11-. The third-order valence-corrected chi connectivity index (χ3v) is 2.42. The number of allylic oxidation sites excluding steroid dienone is 6. The molecule has 0 aromatic carbocycles. The highest BCUT2D eigenvalue weighted by Gasteiger charge is 2.03. The minimum Gasteiger partial charge on any atom is -0.465 e. The zero-order valence-electron chi connectivity index (χ0n) is 12.1. The van der Waals surface area contributed by atoms with Crippen LogP contribution in [-0.4, -0.2) is 19.4 Å². The zero-order chi connectivity index (χ0) is 14.7. The second-order valence-corrected chi connectivity index (χ2v) is 4.44. The van der Waals surface area contributed by atoms with Crippen LogP contribution in [0.3, 0.4) is 0 Å². The molecule has 0 saturated carbocycles. The van der Waals surface area contributed by atoms with Crippen LogP contribution >= 0.6 is 0 Å². The average molecular weight is 262 g/mol. The molecule has 3 heteroatoms. The fourth-order valence-electron chi connectivity index (χ4n) is 1.37. The van der Waals surface area contributed by atoms with Crippen LogP contribution in [0.15, 0.2) is 47.1 Å². The van der Waals surface area contributed by atoms with Crippen LogP contribution in [0.1, 0.15) is 33.6 Å². The summed E-state index contributed by atoms with van der Waals surface area (Å²) in [6.07, 6.45) is 11.2. The lowest BCUT2D eigenvalue weighted by Gasteiger charge is -1.98. The highest BCUT2D eigenvalue weighted by Crippen LogP contribution is 2.07. The minimum atomic E-state index is -0.515. The molecule has 19 heavy (non-hydrogen) atoms. The van der Waals surface area contributed by atoms with Gasteiger partial charge in [-0.2, -0.15) is 0 Å². The number of methoxy groups -OCH3 is 1. The molecular weight excluding hydrogens is 240 g/mol. The van der Waals surface area contributed by atoms with Crippen LogP contribution in [0, 0.1) is 0 Å². The van der Waals surface area contributed by atoms with Gasteiger partial charge in [0.2, 0.25) is 0 Å². The molecule has 0 unspecified atom stereocenters. The van der Waals surface area contributed by atoms with E-state index in [1.54, 1.807) is 12.2 Å². The van der Waals surface area contributed by atoms with E-state index in [2.05, 4.69) is 24.7 Å². The Kier molecular flexibility index (Phi) is 9.06. The summed E-state index contributed by atoms with van der Waals surface area (Å²) in [4.78, 5) is 21.7. The maximum absolute atomic E-state index is 11.3. The van der Waals surface area contributed by atoms with E-state index in [0.717, 1.165) is 12.8 Å². The number of carbonyl (C=O) groups is 2. The van der Waals surface area contributed by atoms with E-state index in [1.165, 1.54) is 24.3 Å². The van der Waals surface area contributed by atoms with Gasteiger partial charge < -0.3 is 4.74 Å². The lowest BCUT2D eigenvalue weighted by atomic mass is 10.1. The van der Waals surface area contributed by atoms with Crippen molar-refractivity contribution in [1.82, 2.24) is 0 Å². The molecule has 3 nitrogen and oxygen atoms in total. The summed E-state index contributed by atoms with van der Waals surface area (Å²) >= 11 is 0. The van der Waals surface area contributed by atoms with Crippen LogP contribution in [0.25, 0.3) is 0 Å². The number of esters is 1. The lowest BCUT2D eigenvalue weighted by Crippen LogP contribution is -2.02. The van der Waals surface area contributed by atoms with Crippen LogP contribution in [0.2, 0.25) is 0 Å². The smallest absolute Gasteiger partial charge is 0.337 e. The van der Waals surface area contributed by atoms with Crippen molar-refractivity contribution in [1.29, 1.82) is 0 Å². The normalized spacial score (nSPS) is 12.4. The van der Waals surface area contributed by atoms with E-state index in [-0.39, 0.29) is 5.57 Å². The Morgan fingerprint density at radius 3 is 2.37 bits per heavy atom. The molecule has 0 rings (SSSR count). The van der Waals surface area contributed by atoms with Gasteiger partial charge in [-0.3, -0.25) is 4.79 Å². The summed E-state index contributed by atoms with van der Waals surface area (Å²) in [5.41, 5.74) is 2.76. The first-order valence-corrected chi connectivity index (χ1v) is 6.22. The number of hydrogen-bond donors (Lipinski definition) is 0. The molecule has 0 amide bonds. The Labute approximate surface area is 115 Å². The van der Waals surface area contributed by atoms with E-state index >= 15 is 0 Å². The van der Waals surface area contributed by atoms with Gasteiger partial charge in [-0.05, 0) is 45.8 Å². The van der Waals surface area contributed by atoms with Gasteiger partial charge in [0.05, 0.1) is 12.7 Å². The molecule has 0 aromatic rings. The minimum absolute atomic E-state index is 0.242. The van der Waals surface area contributed by atoms with Gasteiger partial charge in [-0.1, -0.05) is 29.4 Å². The zero-order valence-corrected chi connectivity index (χ0v) is 12.1. The first kappa shape index (κ1) is 17.1. The van der Waals surface area contributed by atoms with Crippen molar-refractivity contribution in [3.05, 3.63) is 47.1 Å². The molecule has 0 N–H and O–H groups in total. The Morgan fingerprint density at radius 2 is 1.84 bits per heavy atom.